The minimum absolute atomic E-state index is 0.0189. The summed E-state index contributed by atoms with van der Waals surface area (Å²) in [4.78, 5) is 57.5. The number of nitrogens with one attached hydrogen (secondary N) is 4. The number of nitrogens with zero attached hydrogens (tertiary/aromatic N) is 4. The standard InChI is InChI=1S/C26H29ClN8O2.2C2HF3O2/c1-28-26(37)35-8-6-16(7-9-35)11-23(36)33-22-5-4-19-12-18(22)3-2-17-10-20(14-29-13-17)32-25-30-15-21(27)24(31-19)34-25;2*3-2(4,5)1(6)7/h4-5,10,12-16H,2-3,6-9,11H2,1H3,(H,28,37)(H,33,36)(H2,30,31,32,34);2*(H,6,7). The van der Waals surface area contributed by atoms with Crippen molar-refractivity contribution in [3.05, 3.63) is 59.0 Å². The van der Waals surface area contributed by atoms with Crippen molar-refractivity contribution in [1.29, 1.82) is 0 Å². The molecule has 1 aromatic carbocycles. The van der Waals surface area contributed by atoms with Crippen LogP contribution >= 0.6 is 11.6 Å². The predicted molar refractivity (Wildman–Crippen MR) is 171 cm³/mol. The lowest BCUT2D eigenvalue weighted by Gasteiger charge is -2.31. The SMILES string of the molecule is CNC(=O)N1CCC(CC(=O)Nc2ccc3cc2CCc2cncc(c2)Nc2ncc(Cl)c(n2)N3)CC1.O=C(O)C(F)(F)F.O=C(O)C(F)(F)F. The Morgan fingerprint density at radius 3 is 2.14 bits per heavy atom. The first-order valence-electron chi connectivity index (χ1n) is 14.9. The summed E-state index contributed by atoms with van der Waals surface area (Å²) >= 11 is 6.35. The number of fused-ring (bicyclic) bond motifs is 6. The van der Waals surface area contributed by atoms with E-state index in [2.05, 4.69) is 36.2 Å². The van der Waals surface area contributed by atoms with E-state index in [0.717, 1.165) is 47.5 Å². The van der Waals surface area contributed by atoms with Gasteiger partial charge in [-0.05, 0) is 67.0 Å². The lowest BCUT2D eigenvalue weighted by molar-refractivity contribution is -0.193. The summed E-state index contributed by atoms with van der Waals surface area (Å²) in [6, 6.07) is 7.77. The number of halogens is 7. The Hall–Kier alpha value is -5.40. The van der Waals surface area contributed by atoms with Gasteiger partial charge in [-0.15, -0.1) is 0 Å². The van der Waals surface area contributed by atoms with Gasteiger partial charge in [-0.1, -0.05) is 11.6 Å². The van der Waals surface area contributed by atoms with E-state index in [-0.39, 0.29) is 17.9 Å². The molecule has 51 heavy (non-hydrogen) atoms. The number of amides is 3. The van der Waals surface area contributed by atoms with Gasteiger partial charge in [-0.2, -0.15) is 31.3 Å². The van der Waals surface area contributed by atoms with Crippen molar-refractivity contribution in [2.24, 2.45) is 5.92 Å². The Balaban J connectivity index is 0.000000424. The van der Waals surface area contributed by atoms with Crippen molar-refractivity contribution in [3.63, 3.8) is 0 Å². The van der Waals surface area contributed by atoms with E-state index in [1.54, 1.807) is 24.3 Å². The fourth-order valence-electron chi connectivity index (χ4n) is 4.71. The number of urea groups is 1. The van der Waals surface area contributed by atoms with Gasteiger partial charge in [0.25, 0.3) is 0 Å². The summed E-state index contributed by atoms with van der Waals surface area (Å²) in [6.45, 7) is 1.33. The molecule has 2 aliphatic heterocycles. The van der Waals surface area contributed by atoms with Crippen molar-refractivity contribution >= 4 is 64.3 Å². The zero-order valence-electron chi connectivity index (χ0n) is 26.5. The summed E-state index contributed by atoms with van der Waals surface area (Å²) in [5.41, 5.74) is 4.43. The summed E-state index contributed by atoms with van der Waals surface area (Å²) in [7, 11) is 1.64. The van der Waals surface area contributed by atoms with Gasteiger partial charge in [-0.25, -0.2) is 19.4 Å². The number of carboxylic acids is 2. The maximum Gasteiger partial charge on any atom is 0.490 e. The van der Waals surface area contributed by atoms with Gasteiger partial charge >= 0.3 is 30.3 Å². The van der Waals surface area contributed by atoms with Crippen LogP contribution in [0, 0.1) is 5.92 Å². The first-order valence-corrected chi connectivity index (χ1v) is 15.2. The molecular formula is C30H31ClF6N8O6. The van der Waals surface area contributed by atoms with Crippen molar-refractivity contribution < 1.29 is 55.7 Å². The molecule has 0 unspecified atom stereocenters. The molecule has 0 radical (unpaired) electrons. The minimum atomic E-state index is -5.08. The molecule has 1 saturated heterocycles. The molecule has 5 rings (SSSR count). The molecule has 0 aliphatic carbocycles. The fraction of sp³-hybridized carbons (Fsp3) is 0.367. The van der Waals surface area contributed by atoms with Crippen LogP contribution in [-0.2, 0) is 27.2 Å². The monoisotopic (exact) mass is 748 g/mol. The number of anilines is 5. The van der Waals surface area contributed by atoms with Gasteiger partial charge in [0.05, 0.1) is 18.1 Å². The molecule has 6 bridgehead atoms. The quantitative estimate of drug-likeness (QED) is 0.178. The highest BCUT2D eigenvalue weighted by molar-refractivity contribution is 6.32. The zero-order valence-corrected chi connectivity index (χ0v) is 27.3. The Morgan fingerprint density at radius 1 is 0.922 bits per heavy atom. The van der Waals surface area contributed by atoms with E-state index in [4.69, 9.17) is 31.4 Å². The first kappa shape index (κ1) is 40.0. The van der Waals surface area contributed by atoms with Crippen LogP contribution in [0.4, 0.5) is 60.0 Å². The Kier molecular flexibility index (Phi) is 13.7. The average molecular weight is 749 g/mol. The second kappa shape index (κ2) is 17.5. The fourth-order valence-corrected chi connectivity index (χ4v) is 4.85. The lowest BCUT2D eigenvalue weighted by atomic mass is 9.93. The highest BCUT2D eigenvalue weighted by Gasteiger charge is 2.39. The van der Waals surface area contributed by atoms with Crippen LogP contribution in [-0.4, -0.2) is 86.4 Å². The van der Waals surface area contributed by atoms with Gasteiger partial charge in [0, 0.05) is 44.1 Å². The van der Waals surface area contributed by atoms with E-state index in [1.165, 1.54) is 0 Å². The van der Waals surface area contributed by atoms with E-state index >= 15 is 0 Å². The molecule has 6 N–H and O–H groups in total. The number of carbonyl (C=O) groups is 4. The van der Waals surface area contributed by atoms with Gasteiger partial charge in [0.15, 0.2) is 5.82 Å². The number of piperidine rings is 1. The number of aliphatic carboxylic acids is 2. The third-order valence-electron chi connectivity index (χ3n) is 7.19. The number of hydrogen-bond donors (Lipinski definition) is 6. The van der Waals surface area contributed by atoms with E-state index < -0.39 is 24.3 Å². The average Bonchev–Trinajstić information content (AvgIpc) is 3.06. The molecule has 21 heteroatoms. The van der Waals surface area contributed by atoms with Crippen molar-refractivity contribution in [3.8, 4) is 0 Å². The maximum absolute atomic E-state index is 13.0. The molecule has 2 aliphatic rings. The summed E-state index contributed by atoms with van der Waals surface area (Å²) < 4.78 is 63.5. The van der Waals surface area contributed by atoms with E-state index in [0.29, 0.717) is 42.7 Å². The number of carbonyl (C=O) groups excluding carboxylic acids is 2. The molecule has 3 amide bonds. The Bertz CT molecular complexity index is 1700. The highest BCUT2D eigenvalue weighted by Crippen LogP contribution is 2.30. The molecule has 0 saturated carbocycles. The van der Waals surface area contributed by atoms with E-state index in [9.17, 15) is 35.9 Å². The lowest BCUT2D eigenvalue weighted by Crippen LogP contribution is -2.43. The van der Waals surface area contributed by atoms with Gasteiger partial charge < -0.3 is 36.4 Å². The number of carboxylic acid groups (broad SMARTS) is 2. The van der Waals surface area contributed by atoms with Crippen LogP contribution in [0.25, 0.3) is 0 Å². The number of alkyl halides is 6. The number of aryl methyl sites for hydroxylation is 2. The van der Waals surface area contributed by atoms with Gasteiger partial charge in [0.2, 0.25) is 11.9 Å². The number of hydrogen-bond acceptors (Lipinski definition) is 9. The summed E-state index contributed by atoms with van der Waals surface area (Å²) in [5, 5.41) is 26.9. The molecule has 1 fully saturated rings. The first-order chi connectivity index (χ1) is 23.8. The molecule has 3 aromatic rings. The van der Waals surface area contributed by atoms with Crippen molar-refractivity contribution in [1.82, 2.24) is 25.2 Å². The zero-order chi connectivity index (χ0) is 37.9. The number of aromatic nitrogens is 3. The summed E-state index contributed by atoms with van der Waals surface area (Å²) in [5.74, 6) is -4.39. The largest absolute Gasteiger partial charge is 0.490 e. The number of likely N-dealkylation sites (tertiary alicyclic amines) is 1. The topological polar surface area (TPSA) is 199 Å². The Labute approximate surface area is 290 Å². The number of pyridine rings is 1. The van der Waals surface area contributed by atoms with Gasteiger partial charge in [0.1, 0.15) is 5.02 Å². The highest BCUT2D eigenvalue weighted by atomic mass is 35.5. The van der Waals surface area contributed by atoms with Crippen LogP contribution in [0.5, 0.6) is 0 Å². The van der Waals surface area contributed by atoms with Gasteiger partial charge in [-0.3, -0.25) is 9.78 Å². The third-order valence-corrected chi connectivity index (χ3v) is 7.47. The summed E-state index contributed by atoms with van der Waals surface area (Å²) in [6.07, 6.45) is -1.55. The maximum atomic E-state index is 13.0. The molecule has 2 aromatic heterocycles. The van der Waals surface area contributed by atoms with Crippen LogP contribution < -0.4 is 21.3 Å². The van der Waals surface area contributed by atoms with Crippen LogP contribution in [0.2, 0.25) is 5.02 Å². The molecule has 0 atom stereocenters. The number of rotatable bonds is 3. The van der Waals surface area contributed by atoms with Crippen molar-refractivity contribution in [2.45, 2.75) is 44.5 Å². The van der Waals surface area contributed by atoms with Crippen LogP contribution in [0.1, 0.15) is 30.4 Å². The molecule has 4 heterocycles. The third kappa shape index (κ3) is 12.8. The molecule has 276 valence electrons. The molecule has 0 spiro atoms. The molecular weight excluding hydrogens is 718 g/mol. The Morgan fingerprint density at radius 2 is 1.55 bits per heavy atom. The van der Waals surface area contributed by atoms with Crippen molar-refractivity contribution in [2.75, 3.05) is 36.1 Å². The molecule has 14 nitrogen and oxygen atoms in total. The number of benzene rings is 1. The second-order valence-corrected chi connectivity index (χ2v) is 11.3. The predicted octanol–water partition coefficient (Wildman–Crippen LogP) is 5.76. The van der Waals surface area contributed by atoms with Crippen LogP contribution in [0.3, 0.4) is 0 Å². The second-order valence-electron chi connectivity index (χ2n) is 10.9. The normalized spacial score (nSPS) is 14.2. The van der Waals surface area contributed by atoms with Crippen LogP contribution in [0.15, 0.2) is 42.9 Å². The smallest absolute Gasteiger partial charge is 0.475 e. The minimum Gasteiger partial charge on any atom is -0.475 e. The van der Waals surface area contributed by atoms with E-state index in [1.807, 2.05) is 30.5 Å².